The first-order chi connectivity index (χ1) is 29.4. The largest absolute Gasteiger partial charge is 0.497 e. The molecular weight excluding hydrogens is 853 g/mol. The first-order valence-corrected chi connectivity index (χ1v) is 33.6. The molecule has 1 aromatic carbocycles. The molecule has 64 heavy (non-hydrogen) atoms. The lowest BCUT2D eigenvalue weighted by Crippen LogP contribution is -2.50. The summed E-state index contributed by atoms with van der Waals surface area (Å²) in [5, 5.41) is 7.58. The molecule has 0 aliphatic carbocycles. The molecular formula is C51H98N2O8Si3. The van der Waals surface area contributed by atoms with E-state index in [-0.39, 0.29) is 51.7 Å². The van der Waals surface area contributed by atoms with Crippen molar-refractivity contribution in [3.8, 4) is 5.75 Å². The fraction of sp³-hybridized carbons (Fsp3) is 0.863. The minimum Gasteiger partial charge on any atom is -0.497 e. The van der Waals surface area contributed by atoms with E-state index in [2.05, 4.69) is 126 Å². The fourth-order valence-electron chi connectivity index (χ4n) is 7.78. The molecule has 2 fully saturated rings. The Hall–Kier alpha value is -1.14. The van der Waals surface area contributed by atoms with E-state index in [1.165, 1.54) is 0 Å². The van der Waals surface area contributed by atoms with Crippen molar-refractivity contribution in [2.75, 3.05) is 34.0 Å². The van der Waals surface area contributed by atoms with E-state index in [0.29, 0.717) is 19.8 Å². The summed E-state index contributed by atoms with van der Waals surface area (Å²) in [6.07, 6.45) is 9.12. The maximum atomic E-state index is 7.55. The molecule has 0 N–H and O–H groups in total. The molecule has 0 aromatic heterocycles. The Morgan fingerprint density at radius 3 is 1.86 bits per heavy atom. The van der Waals surface area contributed by atoms with Gasteiger partial charge in [-0.25, -0.2) is 0 Å². The van der Waals surface area contributed by atoms with Gasteiger partial charge >= 0.3 is 0 Å². The lowest BCUT2D eigenvalue weighted by atomic mass is 9.97. The second-order valence-corrected chi connectivity index (χ2v) is 38.2. The Bertz CT molecular complexity index is 1550. The predicted octanol–water partition coefficient (Wildman–Crippen LogP) is 13.5. The molecule has 2 heterocycles. The summed E-state index contributed by atoms with van der Waals surface area (Å²) in [4.78, 5) is 0. The van der Waals surface area contributed by atoms with Gasteiger partial charge in [-0.3, -0.25) is 5.01 Å². The van der Waals surface area contributed by atoms with E-state index in [9.17, 15) is 0 Å². The summed E-state index contributed by atoms with van der Waals surface area (Å²) in [7, 11) is -3.11. The predicted molar refractivity (Wildman–Crippen MR) is 274 cm³/mol. The van der Waals surface area contributed by atoms with Gasteiger partial charge in [0.2, 0.25) is 0 Å². The Morgan fingerprint density at radius 2 is 1.33 bits per heavy atom. The van der Waals surface area contributed by atoms with Gasteiger partial charge in [-0.2, -0.15) is 5.10 Å². The standard InChI is InChI=1S/C51H98N2O8Si3/c1-21-22-25-46(56-36-39-26-28-41(55-14)29-27-39)47(61-64(19,20)50(8,9)10)33-31-43(60-63(17,18)49(5,6)7)35-42(59-62(15,16)48(2,3)4)30-32-45-44(38-57-51(11,12)58-45)52-53-34-23-24-40(53)37-54-13/h26-29,40,42-43,45-47H,21-25,30-38H2,1-20H3/b52-44+/t40-,42-,43+,45-,46-,47-/m1/s1. The molecule has 1 aromatic rings. The Balaban J connectivity index is 2.04. The van der Waals surface area contributed by atoms with Crippen molar-refractivity contribution in [3.05, 3.63) is 29.8 Å². The number of hydrazone groups is 1. The number of benzene rings is 1. The summed E-state index contributed by atoms with van der Waals surface area (Å²) < 4.78 is 53.5. The van der Waals surface area contributed by atoms with Crippen LogP contribution >= 0.6 is 0 Å². The average Bonchev–Trinajstić information content (AvgIpc) is 3.61. The molecule has 13 heteroatoms. The zero-order valence-corrected chi connectivity index (χ0v) is 47.8. The van der Waals surface area contributed by atoms with Crippen molar-refractivity contribution in [1.29, 1.82) is 0 Å². The summed E-state index contributed by atoms with van der Waals surface area (Å²) in [5.74, 6) is 0.151. The van der Waals surface area contributed by atoms with Crippen LogP contribution in [0.4, 0.5) is 0 Å². The molecule has 0 unspecified atom stereocenters. The minimum atomic E-state index is -2.21. The third kappa shape index (κ3) is 17.4. The summed E-state index contributed by atoms with van der Waals surface area (Å²) >= 11 is 0. The number of methoxy groups -OCH3 is 2. The van der Waals surface area contributed by atoms with Gasteiger partial charge in [-0.15, -0.1) is 0 Å². The molecule has 0 amide bonds. The first kappa shape index (κ1) is 57.2. The number of ether oxygens (including phenoxy) is 5. The lowest BCUT2D eigenvalue weighted by Gasteiger charge is -2.44. The van der Waals surface area contributed by atoms with Crippen molar-refractivity contribution in [1.82, 2.24) is 5.01 Å². The van der Waals surface area contributed by atoms with Crippen LogP contribution in [0.2, 0.25) is 54.4 Å². The molecule has 372 valence electrons. The van der Waals surface area contributed by atoms with Crippen LogP contribution in [0.1, 0.15) is 153 Å². The van der Waals surface area contributed by atoms with Crippen LogP contribution in [0.15, 0.2) is 29.4 Å². The molecule has 0 saturated carbocycles. The number of unbranched alkanes of at least 4 members (excludes halogenated alkanes) is 1. The van der Waals surface area contributed by atoms with Gasteiger partial charge in [-0.05, 0) is 137 Å². The van der Waals surface area contributed by atoms with Crippen LogP contribution < -0.4 is 4.74 Å². The van der Waals surface area contributed by atoms with Crippen molar-refractivity contribution >= 4 is 30.7 Å². The minimum absolute atomic E-state index is 0.0193. The van der Waals surface area contributed by atoms with Crippen LogP contribution in [0.5, 0.6) is 5.75 Å². The number of nitrogens with zero attached hydrogens (tertiary/aromatic N) is 2. The van der Waals surface area contributed by atoms with Crippen molar-refractivity contribution in [2.45, 2.75) is 251 Å². The van der Waals surface area contributed by atoms with E-state index in [1.54, 1.807) is 14.2 Å². The molecule has 2 saturated heterocycles. The highest BCUT2D eigenvalue weighted by Gasteiger charge is 2.45. The number of hydrogen-bond donors (Lipinski definition) is 0. The van der Waals surface area contributed by atoms with Crippen molar-refractivity contribution in [2.24, 2.45) is 5.10 Å². The molecule has 0 radical (unpaired) electrons. The normalized spacial score (nSPS) is 21.9. The Morgan fingerprint density at radius 1 is 0.766 bits per heavy atom. The summed E-state index contributed by atoms with van der Waals surface area (Å²) in [5.41, 5.74) is 2.10. The SMILES string of the molecule is CCCC[C@@H](OCc1ccc(OC)cc1)[C@@H](CC[C@@H](C[C@@H](CC[C@H]1OC(C)(C)OC/C1=N\N1CCC[C@@H]1COC)O[Si](C)(C)C(C)(C)C)O[Si](C)(C)C(C)(C)C)O[Si](C)(C)C(C)(C)C. The van der Waals surface area contributed by atoms with E-state index in [0.717, 1.165) is 87.8 Å². The monoisotopic (exact) mass is 951 g/mol. The Kier molecular flexibility index (Phi) is 21.4. The van der Waals surface area contributed by atoms with E-state index in [1.807, 2.05) is 26.0 Å². The molecule has 0 spiro atoms. The summed E-state index contributed by atoms with van der Waals surface area (Å²) in [6, 6.07) is 8.52. The van der Waals surface area contributed by atoms with Gasteiger partial charge in [-0.1, -0.05) is 94.2 Å². The van der Waals surface area contributed by atoms with Gasteiger partial charge in [0, 0.05) is 25.9 Å². The molecule has 3 rings (SSSR count). The third-order valence-corrected chi connectivity index (χ3v) is 28.6. The quantitative estimate of drug-likeness (QED) is 0.0889. The maximum Gasteiger partial charge on any atom is 0.192 e. The smallest absolute Gasteiger partial charge is 0.192 e. The molecule has 10 nitrogen and oxygen atoms in total. The van der Waals surface area contributed by atoms with Gasteiger partial charge in [0.1, 0.15) is 11.9 Å². The van der Waals surface area contributed by atoms with E-state index >= 15 is 0 Å². The van der Waals surface area contributed by atoms with Crippen molar-refractivity contribution in [3.63, 3.8) is 0 Å². The molecule has 0 bridgehead atoms. The second kappa shape index (κ2) is 23.9. The highest BCUT2D eigenvalue weighted by atomic mass is 28.4. The van der Waals surface area contributed by atoms with E-state index < -0.39 is 30.7 Å². The lowest BCUT2D eigenvalue weighted by molar-refractivity contribution is -0.236. The number of hydrogen-bond acceptors (Lipinski definition) is 10. The maximum absolute atomic E-state index is 7.55. The van der Waals surface area contributed by atoms with Crippen molar-refractivity contribution < 1.29 is 37.0 Å². The molecule has 2 aliphatic rings. The van der Waals surface area contributed by atoms with Gasteiger partial charge in [0.15, 0.2) is 30.7 Å². The first-order valence-electron chi connectivity index (χ1n) is 24.9. The highest BCUT2D eigenvalue weighted by Crippen LogP contribution is 2.43. The molecule has 6 atom stereocenters. The number of rotatable bonds is 25. The average molecular weight is 952 g/mol. The van der Waals surface area contributed by atoms with Crippen LogP contribution in [0.25, 0.3) is 0 Å². The fourth-order valence-corrected chi connectivity index (χ4v) is 12.0. The molecule has 2 aliphatic heterocycles. The highest BCUT2D eigenvalue weighted by molar-refractivity contribution is 6.75. The van der Waals surface area contributed by atoms with Crippen LogP contribution in [0, 0.1) is 0 Å². The zero-order chi connectivity index (χ0) is 48.4. The zero-order valence-electron chi connectivity index (χ0n) is 44.8. The van der Waals surface area contributed by atoms with Crippen LogP contribution in [-0.2, 0) is 38.8 Å². The van der Waals surface area contributed by atoms with Gasteiger partial charge in [0.05, 0.1) is 50.9 Å². The Labute approximate surface area is 396 Å². The van der Waals surface area contributed by atoms with E-state index in [4.69, 9.17) is 42.1 Å². The van der Waals surface area contributed by atoms with Gasteiger partial charge < -0.3 is 37.0 Å². The third-order valence-electron chi connectivity index (χ3n) is 15.0. The van der Waals surface area contributed by atoms with Crippen LogP contribution in [0.3, 0.4) is 0 Å². The summed E-state index contributed by atoms with van der Waals surface area (Å²) in [6.45, 7) is 44.3. The topological polar surface area (TPSA) is 89.4 Å². The van der Waals surface area contributed by atoms with Crippen LogP contribution in [-0.4, -0.2) is 112 Å². The second-order valence-electron chi connectivity index (χ2n) is 23.9. The van der Waals surface area contributed by atoms with Gasteiger partial charge in [0.25, 0.3) is 0 Å².